The average Bonchev–Trinajstić information content (AvgIpc) is 2.36. The van der Waals surface area contributed by atoms with Crippen LogP contribution in [0.1, 0.15) is 5.56 Å². The Kier molecular flexibility index (Phi) is 0.917. The third-order valence-corrected chi connectivity index (χ3v) is 1.43. The maximum Gasteiger partial charge on any atom is 0.257 e. The number of nitrogens with one attached hydrogen (secondary N) is 1. The molecule has 2 heterocycles. The summed E-state index contributed by atoms with van der Waals surface area (Å²) in [7, 11) is 0. The molecule has 1 radical (unpaired) electrons. The molecule has 3 heteroatoms. The number of aromatic amines is 1. The normalized spacial score (nSPS) is 12.8. The van der Waals surface area contributed by atoms with Gasteiger partial charge in [0.25, 0.3) is 5.56 Å². The maximum absolute atomic E-state index is 10.9. The van der Waals surface area contributed by atoms with E-state index in [0.717, 1.165) is 5.69 Å². The zero-order valence-electron chi connectivity index (χ0n) is 5.16. The van der Waals surface area contributed by atoms with Gasteiger partial charge in [0.05, 0.1) is 11.3 Å². The predicted molar refractivity (Wildman–Crippen MR) is 37.9 cm³/mol. The molecule has 0 fully saturated rings. The van der Waals surface area contributed by atoms with Gasteiger partial charge in [0.2, 0.25) is 0 Å². The van der Waals surface area contributed by atoms with Gasteiger partial charge in [0.15, 0.2) is 0 Å². The fraction of sp³-hybridized carbons (Fsp3) is 0. The lowest BCUT2D eigenvalue weighted by Crippen LogP contribution is -2.07. The number of pyridine rings is 1. The van der Waals surface area contributed by atoms with Gasteiger partial charge in [0, 0.05) is 12.4 Å². The van der Waals surface area contributed by atoms with Crippen molar-refractivity contribution in [2.45, 2.75) is 0 Å². The molecule has 0 amide bonds. The first-order valence-corrected chi connectivity index (χ1v) is 2.97. The molecule has 0 saturated carbocycles. The summed E-state index contributed by atoms with van der Waals surface area (Å²) in [6.45, 7) is 0. The van der Waals surface area contributed by atoms with Crippen LogP contribution in [0.2, 0.25) is 0 Å². The van der Waals surface area contributed by atoms with Gasteiger partial charge in [-0.25, -0.2) is 0 Å². The second kappa shape index (κ2) is 1.73. The summed E-state index contributed by atoms with van der Waals surface area (Å²) in [5, 5.41) is 3.96. The van der Waals surface area contributed by atoms with Crippen LogP contribution >= 0.6 is 0 Å². The summed E-state index contributed by atoms with van der Waals surface area (Å²) < 4.78 is 0. The molecule has 1 N–H and O–H groups in total. The van der Waals surface area contributed by atoms with Crippen molar-refractivity contribution in [3.8, 4) is 0 Å². The van der Waals surface area contributed by atoms with Crippen LogP contribution in [0.25, 0.3) is 6.08 Å². The largest absolute Gasteiger partial charge is 0.328 e. The molecule has 0 spiro atoms. The zero-order valence-corrected chi connectivity index (χ0v) is 5.16. The van der Waals surface area contributed by atoms with Crippen molar-refractivity contribution in [2.24, 2.45) is 0 Å². The van der Waals surface area contributed by atoms with E-state index in [2.05, 4.69) is 10.3 Å². The van der Waals surface area contributed by atoms with Crippen LogP contribution < -0.4 is 10.9 Å². The second-order valence-corrected chi connectivity index (χ2v) is 2.05. The minimum atomic E-state index is -0.0741. The molecule has 0 aliphatic carbocycles. The number of H-pyrrole nitrogens is 1. The summed E-state index contributed by atoms with van der Waals surface area (Å²) in [5.41, 5.74) is 1.33. The van der Waals surface area contributed by atoms with Crippen molar-refractivity contribution in [1.29, 1.82) is 0 Å². The van der Waals surface area contributed by atoms with Gasteiger partial charge in [-0.15, -0.1) is 0 Å². The van der Waals surface area contributed by atoms with Gasteiger partial charge < -0.3 is 4.98 Å². The van der Waals surface area contributed by atoms with Crippen molar-refractivity contribution < 1.29 is 0 Å². The van der Waals surface area contributed by atoms with E-state index in [9.17, 15) is 4.79 Å². The number of nitrogens with zero attached hydrogens (tertiary/aromatic N) is 1. The predicted octanol–water partition coefficient (Wildman–Crippen LogP) is 0.595. The van der Waals surface area contributed by atoms with Crippen molar-refractivity contribution in [3.63, 3.8) is 0 Å². The Morgan fingerprint density at radius 1 is 1.50 bits per heavy atom. The number of fused-ring (bicyclic) bond motifs is 1. The Bertz CT molecular complexity index is 338. The van der Waals surface area contributed by atoms with Crippen molar-refractivity contribution in [2.75, 3.05) is 0 Å². The standard InChI is InChI=1S/C7H5N2O/c10-7-5-1-3-8-6(5)2-4-9-7/h1-4H,(H,9,10). The van der Waals surface area contributed by atoms with Gasteiger partial charge >= 0.3 is 0 Å². The Balaban J connectivity index is 2.79. The smallest absolute Gasteiger partial charge is 0.257 e. The number of hydrogen-bond acceptors (Lipinski definition) is 1. The molecule has 0 unspecified atom stereocenters. The molecule has 1 aliphatic rings. The van der Waals surface area contributed by atoms with Gasteiger partial charge in [-0.05, 0) is 12.1 Å². The highest BCUT2D eigenvalue weighted by molar-refractivity contribution is 5.67. The summed E-state index contributed by atoms with van der Waals surface area (Å²) in [6, 6.07) is 1.77. The Hall–Kier alpha value is -1.51. The van der Waals surface area contributed by atoms with Gasteiger partial charge in [-0.3, -0.25) is 10.1 Å². The van der Waals surface area contributed by atoms with Crippen LogP contribution in [0.5, 0.6) is 0 Å². The minimum Gasteiger partial charge on any atom is -0.328 e. The number of hydrogen-bond donors (Lipinski definition) is 1. The summed E-state index contributed by atoms with van der Waals surface area (Å²) in [5.74, 6) is 0. The van der Waals surface area contributed by atoms with Crippen LogP contribution in [-0.2, 0) is 0 Å². The summed E-state index contributed by atoms with van der Waals surface area (Å²) in [4.78, 5) is 13.5. The highest BCUT2D eigenvalue weighted by Gasteiger charge is 2.07. The first kappa shape index (κ1) is 5.29. The zero-order chi connectivity index (χ0) is 6.97. The molecule has 2 rings (SSSR count). The molecule has 0 atom stereocenters. The maximum atomic E-state index is 10.9. The van der Waals surface area contributed by atoms with E-state index in [1.807, 2.05) is 0 Å². The molecule has 1 aliphatic heterocycles. The Morgan fingerprint density at radius 3 is 3.20 bits per heavy atom. The number of rotatable bonds is 0. The topological polar surface area (TPSA) is 47.0 Å². The van der Waals surface area contributed by atoms with E-state index in [-0.39, 0.29) is 5.56 Å². The first-order valence-electron chi connectivity index (χ1n) is 2.97. The van der Waals surface area contributed by atoms with Crippen molar-refractivity contribution >= 4 is 11.8 Å². The molecule has 1 aromatic heterocycles. The van der Waals surface area contributed by atoms with Crippen LogP contribution in [0, 0.1) is 0 Å². The molecular weight excluding hydrogens is 128 g/mol. The SMILES string of the molecule is O=c1[nH]ccc2c1C=C[N]2. The van der Waals surface area contributed by atoms with Crippen LogP contribution in [-0.4, -0.2) is 4.98 Å². The number of aromatic nitrogens is 1. The lowest BCUT2D eigenvalue weighted by Gasteiger charge is -1.92. The van der Waals surface area contributed by atoms with E-state index in [0.29, 0.717) is 5.56 Å². The molecule has 1 aromatic rings. The van der Waals surface area contributed by atoms with Crippen molar-refractivity contribution in [3.05, 3.63) is 34.4 Å². The quantitative estimate of drug-likeness (QED) is 0.553. The van der Waals surface area contributed by atoms with Crippen LogP contribution in [0.3, 0.4) is 0 Å². The highest BCUT2D eigenvalue weighted by atomic mass is 16.1. The van der Waals surface area contributed by atoms with Crippen molar-refractivity contribution in [1.82, 2.24) is 10.3 Å². The van der Waals surface area contributed by atoms with E-state index >= 15 is 0 Å². The Labute approximate surface area is 57.4 Å². The fourth-order valence-corrected chi connectivity index (χ4v) is 0.946. The van der Waals surface area contributed by atoms with E-state index in [4.69, 9.17) is 0 Å². The molecule has 10 heavy (non-hydrogen) atoms. The van der Waals surface area contributed by atoms with E-state index in [1.54, 1.807) is 24.5 Å². The molecular formula is C7H5N2O. The summed E-state index contributed by atoms with van der Waals surface area (Å²) in [6.07, 6.45) is 4.92. The molecule has 0 bridgehead atoms. The van der Waals surface area contributed by atoms with Gasteiger partial charge in [-0.1, -0.05) is 0 Å². The second-order valence-electron chi connectivity index (χ2n) is 2.05. The lowest BCUT2D eigenvalue weighted by molar-refractivity contribution is 1.16. The molecule has 3 nitrogen and oxygen atoms in total. The molecule has 49 valence electrons. The van der Waals surface area contributed by atoms with Gasteiger partial charge in [0.1, 0.15) is 0 Å². The summed E-state index contributed by atoms with van der Waals surface area (Å²) >= 11 is 0. The lowest BCUT2D eigenvalue weighted by atomic mass is 10.2. The van der Waals surface area contributed by atoms with Gasteiger partial charge in [-0.2, -0.15) is 0 Å². The minimum absolute atomic E-state index is 0.0741. The first-order chi connectivity index (χ1) is 4.88. The third kappa shape index (κ3) is 0.572. The van der Waals surface area contributed by atoms with Crippen LogP contribution in [0.15, 0.2) is 23.3 Å². The molecule has 0 saturated heterocycles. The monoisotopic (exact) mass is 133 g/mol. The Morgan fingerprint density at radius 2 is 2.40 bits per heavy atom. The van der Waals surface area contributed by atoms with E-state index in [1.165, 1.54) is 0 Å². The fourth-order valence-electron chi connectivity index (χ4n) is 0.946. The molecule has 0 aromatic carbocycles. The highest BCUT2D eigenvalue weighted by Crippen LogP contribution is 2.16. The third-order valence-electron chi connectivity index (χ3n) is 1.43. The average molecular weight is 133 g/mol. The van der Waals surface area contributed by atoms with Crippen LogP contribution in [0.4, 0.5) is 5.69 Å². The van der Waals surface area contributed by atoms with E-state index < -0.39 is 0 Å².